The number of benzene rings is 1. The summed E-state index contributed by atoms with van der Waals surface area (Å²) in [5.41, 5.74) is 1.73. The lowest BCUT2D eigenvalue weighted by Gasteiger charge is -2.22. The van der Waals surface area contributed by atoms with Gasteiger partial charge in [-0.05, 0) is 38.7 Å². The molecule has 0 bridgehead atoms. The second kappa shape index (κ2) is 5.88. The molecule has 0 aromatic heterocycles. The number of fused-ring (bicyclic) bond motifs is 1. The minimum absolute atomic E-state index is 0.0414. The predicted octanol–water partition coefficient (Wildman–Crippen LogP) is 2.60. The molecule has 1 aromatic rings. The van der Waals surface area contributed by atoms with E-state index < -0.39 is 0 Å². The molecule has 1 saturated carbocycles. The van der Waals surface area contributed by atoms with Gasteiger partial charge in [0.1, 0.15) is 5.75 Å². The highest BCUT2D eigenvalue weighted by Gasteiger charge is 2.31. The summed E-state index contributed by atoms with van der Waals surface area (Å²) in [4.78, 5) is 26.0. The molecule has 0 saturated heterocycles. The SMILES string of the molecule is CCN(C(=O)COc1cccc2c1CCCC2=O)C1CC1. The number of rotatable bonds is 5. The summed E-state index contributed by atoms with van der Waals surface area (Å²) in [6.45, 7) is 2.80. The normalized spacial score (nSPS) is 17.3. The van der Waals surface area contributed by atoms with Gasteiger partial charge in [0.15, 0.2) is 12.4 Å². The fourth-order valence-electron chi connectivity index (χ4n) is 3.03. The van der Waals surface area contributed by atoms with Crippen molar-refractivity contribution in [2.75, 3.05) is 13.2 Å². The molecule has 0 unspecified atom stereocenters. The summed E-state index contributed by atoms with van der Waals surface area (Å²) < 4.78 is 5.73. The average Bonchev–Trinajstić information content (AvgIpc) is 3.31. The van der Waals surface area contributed by atoms with Gasteiger partial charge < -0.3 is 9.64 Å². The summed E-state index contributed by atoms with van der Waals surface area (Å²) in [5, 5.41) is 0. The Hall–Kier alpha value is -1.84. The average molecular weight is 287 g/mol. The van der Waals surface area contributed by atoms with Crippen molar-refractivity contribution in [3.05, 3.63) is 29.3 Å². The van der Waals surface area contributed by atoms with Crippen LogP contribution >= 0.6 is 0 Å². The molecule has 4 nitrogen and oxygen atoms in total. The van der Waals surface area contributed by atoms with E-state index >= 15 is 0 Å². The molecule has 21 heavy (non-hydrogen) atoms. The molecule has 0 aliphatic heterocycles. The second-order valence-electron chi connectivity index (χ2n) is 5.76. The highest BCUT2D eigenvalue weighted by atomic mass is 16.5. The quantitative estimate of drug-likeness (QED) is 0.836. The van der Waals surface area contributed by atoms with Gasteiger partial charge in [-0.1, -0.05) is 12.1 Å². The maximum absolute atomic E-state index is 12.2. The Morgan fingerprint density at radius 2 is 2.14 bits per heavy atom. The Morgan fingerprint density at radius 1 is 1.33 bits per heavy atom. The Kier molecular flexibility index (Phi) is 3.95. The summed E-state index contributed by atoms with van der Waals surface area (Å²) in [5.74, 6) is 0.918. The standard InChI is InChI=1S/C17H21NO3/c1-2-18(12-9-10-12)17(20)11-21-16-8-4-5-13-14(16)6-3-7-15(13)19/h4-5,8,12H,2-3,6-7,9-11H2,1H3. The highest BCUT2D eigenvalue weighted by Crippen LogP contribution is 2.30. The van der Waals surface area contributed by atoms with E-state index in [1.807, 2.05) is 30.0 Å². The van der Waals surface area contributed by atoms with Gasteiger partial charge in [0.25, 0.3) is 5.91 Å². The molecule has 0 radical (unpaired) electrons. The monoisotopic (exact) mass is 287 g/mol. The van der Waals surface area contributed by atoms with Crippen molar-refractivity contribution in [2.45, 2.75) is 45.1 Å². The molecule has 1 fully saturated rings. The third-order valence-electron chi connectivity index (χ3n) is 4.26. The Bertz CT molecular complexity index is 563. The number of amides is 1. The Morgan fingerprint density at radius 3 is 2.86 bits per heavy atom. The summed E-state index contributed by atoms with van der Waals surface area (Å²) >= 11 is 0. The number of ketones is 1. The van der Waals surface area contributed by atoms with E-state index in [4.69, 9.17) is 4.74 Å². The lowest BCUT2D eigenvalue weighted by atomic mass is 9.90. The predicted molar refractivity (Wildman–Crippen MR) is 79.6 cm³/mol. The van der Waals surface area contributed by atoms with Crippen molar-refractivity contribution in [1.29, 1.82) is 0 Å². The van der Waals surface area contributed by atoms with Crippen LogP contribution in [0.2, 0.25) is 0 Å². The third kappa shape index (κ3) is 2.94. The zero-order valence-electron chi connectivity index (χ0n) is 12.4. The number of carbonyl (C=O) groups is 2. The minimum atomic E-state index is 0.0414. The molecule has 0 spiro atoms. The number of carbonyl (C=O) groups excluding carboxylic acids is 2. The van der Waals surface area contributed by atoms with Crippen molar-refractivity contribution in [3.63, 3.8) is 0 Å². The Balaban J connectivity index is 1.69. The second-order valence-corrected chi connectivity index (χ2v) is 5.76. The highest BCUT2D eigenvalue weighted by molar-refractivity contribution is 5.99. The van der Waals surface area contributed by atoms with Crippen LogP contribution < -0.4 is 4.74 Å². The van der Waals surface area contributed by atoms with Gasteiger partial charge in [-0.25, -0.2) is 0 Å². The first-order chi connectivity index (χ1) is 10.2. The van der Waals surface area contributed by atoms with Gasteiger partial charge in [-0.2, -0.15) is 0 Å². The van der Waals surface area contributed by atoms with Crippen LogP contribution in [0.3, 0.4) is 0 Å². The smallest absolute Gasteiger partial charge is 0.260 e. The maximum Gasteiger partial charge on any atom is 0.260 e. The van der Waals surface area contributed by atoms with Crippen LogP contribution in [0.25, 0.3) is 0 Å². The van der Waals surface area contributed by atoms with Crippen LogP contribution in [0.5, 0.6) is 5.75 Å². The minimum Gasteiger partial charge on any atom is -0.483 e. The molecule has 0 N–H and O–H groups in total. The lowest BCUT2D eigenvalue weighted by Crippen LogP contribution is -2.36. The van der Waals surface area contributed by atoms with E-state index in [0.29, 0.717) is 18.2 Å². The van der Waals surface area contributed by atoms with Crippen LogP contribution in [-0.2, 0) is 11.2 Å². The molecule has 0 atom stereocenters. The van der Waals surface area contributed by atoms with E-state index in [1.165, 1.54) is 0 Å². The number of nitrogens with zero attached hydrogens (tertiary/aromatic N) is 1. The number of hydrogen-bond acceptors (Lipinski definition) is 3. The first kappa shape index (κ1) is 14.1. The summed E-state index contributed by atoms with van der Waals surface area (Å²) in [7, 11) is 0. The molecular weight excluding hydrogens is 266 g/mol. The van der Waals surface area contributed by atoms with Crippen LogP contribution in [0.4, 0.5) is 0 Å². The fraction of sp³-hybridized carbons (Fsp3) is 0.529. The first-order valence-electron chi connectivity index (χ1n) is 7.78. The summed E-state index contributed by atoms with van der Waals surface area (Å²) in [6.07, 6.45) is 4.54. The molecule has 0 heterocycles. The van der Waals surface area contributed by atoms with E-state index in [9.17, 15) is 9.59 Å². The van der Waals surface area contributed by atoms with Gasteiger partial charge in [-0.15, -0.1) is 0 Å². The van der Waals surface area contributed by atoms with Crippen LogP contribution in [0, 0.1) is 0 Å². The topological polar surface area (TPSA) is 46.6 Å². The first-order valence-corrected chi connectivity index (χ1v) is 7.78. The van der Waals surface area contributed by atoms with Crippen LogP contribution in [0.15, 0.2) is 18.2 Å². The van der Waals surface area contributed by atoms with Gasteiger partial charge in [-0.3, -0.25) is 9.59 Å². The van der Waals surface area contributed by atoms with Crippen molar-refractivity contribution in [3.8, 4) is 5.75 Å². The Labute approximate surface area is 125 Å². The molecule has 2 aliphatic carbocycles. The van der Waals surface area contributed by atoms with Gasteiger partial charge >= 0.3 is 0 Å². The largest absolute Gasteiger partial charge is 0.483 e. The number of hydrogen-bond donors (Lipinski definition) is 0. The fourth-order valence-corrected chi connectivity index (χ4v) is 3.03. The number of ether oxygens (including phenoxy) is 1. The van der Waals surface area contributed by atoms with E-state index in [1.54, 1.807) is 0 Å². The van der Waals surface area contributed by atoms with Crippen LogP contribution in [0.1, 0.15) is 48.5 Å². The zero-order valence-corrected chi connectivity index (χ0v) is 12.4. The van der Waals surface area contributed by atoms with Gasteiger partial charge in [0, 0.05) is 30.1 Å². The van der Waals surface area contributed by atoms with Crippen molar-refractivity contribution in [1.82, 2.24) is 4.90 Å². The molecule has 112 valence electrons. The molecule has 4 heteroatoms. The van der Waals surface area contributed by atoms with Gasteiger partial charge in [0.05, 0.1) is 0 Å². The van der Waals surface area contributed by atoms with Crippen molar-refractivity contribution < 1.29 is 14.3 Å². The maximum atomic E-state index is 12.2. The van der Waals surface area contributed by atoms with Crippen LogP contribution in [-0.4, -0.2) is 35.8 Å². The van der Waals surface area contributed by atoms with E-state index in [0.717, 1.165) is 43.4 Å². The molecular formula is C17H21NO3. The summed E-state index contributed by atoms with van der Waals surface area (Å²) in [6, 6.07) is 5.96. The molecule has 2 aliphatic rings. The lowest BCUT2D eigenvalue weighted by molar-refractivity contribution is -0.133. The van der Waals surface area contributed by atoms with Crippen molar-refractivity contribution >= 4 is 11.7 Å². The van der Waals surface area contributed by atoms with E-state index in [-0.39, 0.29) is 18.3 Å². The van der Waals surface area contributed by atoms with Crippen molar-refractivity contribution in [2.24, 2.45) is 0 Å². The molecule has 1 aromatic carbocycles. The van der Waals surface area contributed by atoms with E-state index in [2.05, 4.69) is 0 Å². The third-order valence-corrected chi connectivity index (χ3v) is 4.26. The molecule has 1 amide bonds. The van der Waals surface area contributed by atoms with Gasteiger partial charge in [0.2, 0.25) is 0 Å². The zero-order chi connectivity index (χ0) is 14.8. The number of Topliss-reactive ketones (excluding diaryl/α,β-unsaturated/α-hetero) is 1. The molecule has 3 rings (SSSR count). The number of likely N-dealkylation sites (N-methyl/N-ethyl adjacent to an activating group) is 1.